The van der Waals surface area contributed by atoms with Gasteiger partial charge in [-0.05, 0) is 30.3 Å². The van der Waals surface area contributed by atoms with Crippen LogP contribution in [-0.2, 0) is 6.18 Å². The van der Waals surface area contributed by atoms with Gasteiger partial charge in [-0.2, -0.15) is 13.2 Å². The van der Waals surface area contributed by atoms with E-state index < -0.39 is 11.7 Å². The molecule has 0 atom stereocenters. The van der Waals surface area contributed by atoms with Crippen LogP contribution in [0.5, 0.6) is 0 Å². The SMILES string of the molecule is FC(F)(F)c1cccc(-c2ccc(-c3cc(-c4ccccc4)nnc3-c3ccccc3)o2)c1. The molecule has 0 amide bonds. The van der Waals surface area contributed by atoms with E-state index in [1.54, 1.807) is 18.2 Å². The van der Waals surface area contributed by atoms with Crippen molar-refractivity contribution in [2.75, 3.05) is 0 Å². The smallest absolute Gasteiger partial charge is 0.416 e. The molecule has 5 rings (SSSR count). The van der Waals surface area contributed by atoms with Crippen molar-refractivity contribution >= 4 is 0 Å². The lowest BCUT2D eigenvalue weighted by Gasteiger charge is -2.09. The molecule has 0 saturated carbocycles. The van der Waals surface area contributed by atoms with Gasteiger partial charge in [-0.1, -0.05) is 72.8 Å². The van der Waals surface area contributed by atoms with Gasteiger partial charge in [0.15, 0.2) is 0 Å². The van der Waals surface area contributed by atoms with E-state index in [0.717, 1.165) is 23.3 Å². The van der Waals surface area contributed by atoms with Gasteiger partial charge in [-0.3, -0.25) is 0 Å². The summed E-state index contributed by atoms with van der Waals surface area (Å²) in [5.74, 6) is 0.835. The highest BCUT2D eigenvalue weighted by molar-refractivity contribution is 5.81. The Morgan fingerprint density at radius 3 is 1.91 bits per heavy atom. The standard InChI is InChI=1S/C27H17F3N2O/c28-27(29,30)21-13-7-12-20(16-21)24-14-15-25(33-24)22-17-23(18-8-3-1-4-9-18)31-32-26(22)19-10-5-2-6-11-19/h1-17H. The highest BCUT2D eigenvalue weighted by Crippen LogP contribution is 2.37. The first-order valence-electron chi connectivity index (χ1n) is 10.3. The summed E-state index contributed by atoms with van der Waals surface area (Å²) >= 11 is 0. The number of aromatic nitrogens is 2. The second-order valence-electron chi connectivity index (χ2n) is 7.47. The summed E-state index contributed by atoms with van der Waals surface area (Å²) in [6, 6.07) is 29.6. The third kappa shape index (κ3) is 4.28. The van der Waals surface area contributed by atoms with E-state index in [4.69, 9.17) is 4.42 Å². The molecule has 0 aliphatic carbocycles. The summed E-state index contributed by atoms with van der Waals surface area (Å²) in [5, 5.41) is 8.87. The first-order chi connectivity index (χ1) is 16.0. The lowest BCUT2D eigenvalue weighted by molar-refractivity contribution is -0.137. The molecular formula is C27H17F3N2O. The van der Waals surface area contributed by atoms with Crippen molar-refractivity contribution in [3.05, 3.63) is 109 Å². The maximum absolute atomic E-state index is 13.2. The van der Waals surface area contributed by atoms with Gasteiger partial charge in [0.2, 0.25) is 0 Å². The van der Waals surface area contributed by atoms with Crippen LogP contribution >= 0.6 is 0 Å². The Labute approximate surface area is 188 Å². The molecule has 0 bridgehead atoms. The Bertz CT molecular complexity index is 1390. The van der Waals surface area contributed by atoms with E-state index in [9.17, 15) is 13.2 Å². The fraction of sp³-hybridized carbons (Fsp3) is 0.0370. The molecule has 0 fully saturated rings. The molecule has 33 heavy (non-hydrogen) atoms. The molecule has 0 aliphatic heterocycles. The fourth-order valence-electron chi connectivity index (χ4n) is 3.63. The summed E-state index contributed by atoms with van der Waals surface area (Å²) < 4.78 is 45.5. The van der Waals surface area contributed by atoms with Crippen LogP contribution in [0.25, 0.3) is 45.2 Å². The second-order valence-corrected chi connectivity index (χ2v) is 7.47. The number of rotatable bonds is 4. The zero-order chi connectivity index (χ0) is 22.8. The number of hydrogen-bond donors (Lipinski definition) is 0. The van der Waals surface area contributed by atoms with E-state index >= 15 is 0 Å². The Morgan fingerprint density at radius 1 is 0.576 bits per heavy atom. The largest absolute Gasteiger partial charge is 0.456 e. The lowest BCUT2D eigenvalue weighted by atomic mass is 10.0. The Balaban J connectivity index is 1.62. The minimum Gasteiger partial charge on any atom is -0.456 e. The Morgan fingerprint density at radius 2 is 1.21 bits per heavy atom. The number of benzene rings is 3. The van der Waals surface area contributed by atoms with Crippen molar-refractivity contribution in [2.45, 2.75) is 6.18 Å². The Kier molecular flexibility index (Phi) is 5.26. The number of alkyl halides is 3. The van der Waals surface area contributed by atoms with Crippen molar-refractivity contribution in [1.29, 1.82) is 0 Å². The van der Waals surface area contributed by atoms with Crippen LogP contribution in [0.3, 0.4) is 0 Å². The van der Waals surface area contributed by atoms with Crippen LogP contribution in [-0.4, -0.2) is 10.2 Å². The summed E-state index contributed by atoms with van der Waals surface area (Å²) in [6.45, 7) is 0. The number of furan rings is 1. The summed E-state index contributed by atoms with van der Waals surface area (Å²) in [7, 11) is 0. The first kappa shape index (κ1) is 20.7. The number of hydrogen-bond acceptors (Lipinski definition) is 3. The molecular weight excluding hydrogens is 425 g/mol. The summed E-state index contributed by atoms with van der Waals surface area (Å²) in [5.41, 5.74) is 3.38. The summed E-state index contributed by atoms with van der Waals surface area (Å²) in [4.78, 5) is 0. The Hall–Kier alpha value is -4.19. The van der Waals surface area contributed by atoms with Gasteiger partial charge in [0.1, 0.15) is 17.2 Å². The molecule has 162 valence electrons. The monoisotopic (exact) mass is 442 g/mol. The van der Waals surface area contributed by atoms with Crippen molar-refractivity contribution < 1.29 is 17.6 Å². The van der Waals surface area contributed by atoms with Gasteiger partial charge in [-0.25, -0.2) is 0 Å². The highest BCUT2D eigenvalue weighted by Gasteiger charge is 2.30. The van der Waals surface area contributed by atoms with Gasteiger partial charge in [0.25, 0.3) is 0 Å². The third-order valence-corrected chi connectivity index (χ3v) is 5.26. The molecule has 0 N–H and O–H groups in total. The molecule has 0 radical (unpaired) electrons. The average Bonchev–Trinajstić information content (AvgIpc) is 3.35. The maximum Gasteiger partial charge on any atom is 0.416 e. The van der Waals surface area contributed by atoms with Gasteiger partial charge in [-0.15, -0.1) is 10.2 Å². The van der Waals surface area contributed by atoms with Crippen LogP contribution in [0.1, 0.15) is 5.56 Å². The molecule has 0 saturated heterocycles. The van der Waals surface area contributed by atoms with Crippen molar-refractivity contribution in [2.24, 2.45) is 0 Å². The normalized spacial score (nSPS) is 11.5. The molecule has 5 aromatic rings. The minimum absolute atomic E-state index is 0.341. The van der Waals surface area contributed by atoms with E-state index in [1.165, 1.54) is 6.07 Å². The van der Waals surface area contributed by atoms with Crippen LogP contribution in [0.2, 0.25) is 0 Å². The molecule has 3 nitrogen and oxygen atoms in total. The van der Waals surface area contributed by atoms with E-state index in [0.29, 0.717) is 34.0 Å². The predicted molar refractivity (Wildman–Crippen MR) is 121 cm³/mol. The molecule has 3 aromatic carbocycles. The minimum atomic E-state index is -4.43. The summed E-state index contributed by atoms with van der Waals surface area (Å²) in [6.07, 6.45) is -4.43. The zero-order valence-electron chi connectivity index (χ0n) is 17.3. The van der Waals surface area contributed by atoms with Gasteiger partial charge >= 0.3 is 6.18 Å². The van der Waals surface area contributed by atoms with Gasteiger partial charge < -0.3 is 4.42 Å². The molecule has 0 unspecified atom stereocenters. The first-order valence-corrected chi connectivity index (χ1v) is 10.3. The number of nitrogens with zero attached hydrogens (tertiary/aromatic N) is 2. The number of halogens is 3. The highest BCUT2D eigenvalue weighted by atomic mass is 19.4. The van der Waals surface area contributed by atoms with E-state index in [-0.39, 0.29) is 0 Å². The molecule has 0 spiro atoms. The van der Waals surface area contributed by atoms with Gasteiger partial charge in [0.05, 0.1) is 11.3 Å². The third-order valence-electron chi connectivity index (χ3n) is 5.26. The van der Waals surface area contributed by atoms with Gasteiger partial charge in [0, 0.05) is 22.3 Å². The topological polar surface area (TPSA) is 38.9 Å². The quantitative estimate of drug-likeness (QED) is 0.286. The molecule has 2 aromatic heterocycles. The molecule has 6 heteroatoms. The van der Waals surface area contributed by atoms with Crippen molar-refractivity contribution in [3.63, 3.8) is 0 Å². The fourth-order valence-corrected chi connectivity index (χ4v) is 3.63. The average molecular weight is 442 g/mol. The van der Waals surface area contributed by atoms with E-state index in [1.807, 2.05) is 66.7 Å². The van der Waals surface area contributed by atoms with Crippen molar-refractivity contribution in [3.8, 4) is 45.2 Å². The van der Waals surface area contributed by atoms with Crippen LogP contribution < -0.4 is 0 Å². The van der Waals surface area contributed by atoms with Crippen LogP contribution in [0.15, 0.2) is 108 Å². The lowest BCUT2D eigenvalue weighted by Crippen LogP contribution is -2.04. The molecule has 2 heterocycles. The van der Waals surface area contributed by atoms with E-state index in [2.05, 4.69) is 10.2 Å². The predicted octanol–water partition coefficient (Wildman–Crippen LogP) is 7.76. The van der Waals surface area contributed by atoms with Crippen LogP contribution in [0.4, 0.5) is 13.2 Å². The zero-order valence-corrected chi connectivity index (χ0v) is 17.3. The maximum atomic E-state index is 13.2. The van der Waals surface area contributed by atoms with Crippen molar-refractivity contribution in [1.82, 2.24) is 10.2 Å². The van der Waals surface area contributed by atoms with Crippen LogP contribution in [0, 0.1) is 0 Å². The molecule has 0 aliphatic rings. The second kappa shape index (κ2) is 8.39.